The van der Waals surface area contributed by atoms with Gasteiger partial charge in [-0.25, -0.2) is 0 Å². The van der Waals surface area contributed by atoms with Gasteiger partial charge in [-0.1, -0.05) is 19.0 Å². The molecule has 0 aromatic carbocycles. The van der Waals surface area contributed by atoms with Gasteiger partial charge in [0.05, 0.1) is 5.92 Å². The van der Waals surface area contributed by atoms with Crippen LogP contribution >= 0.6 is 0 Å². The topological polar surface area (TPSA) is 81.4 Å². The van der Waals surface area contributed by atoms with E-state index in [0.717, 1.165) is 24.9 Å². The minimum absolute atomic E-state index is 0.0381. The lowest BCUT2D eigenvalue weighted by molar-refractivity contribution is -0.131. The van der Waals surface area contributed by atoms with Crippen LogP contribution in [0.1, 0.15) is 44.9 Å². The maximum absolute atomic E-state index is 12.7. The molecule has 2 aliphatic heterocycles. The van der Waals surface area contributed by atoms with E-state index in [0.29, 0.717) is 43.8 Å². The number of hydrogen-bond donors (Lipinski definition) is 0. The van der Waals surface area contributed by atoms with Crippen molar-refractivity contribution >= 4 is 5.91 Å². The van der Waals surface area contributed by atoms with Crippen LogP contribution in [0.25, 0.3) is 11.4 Å². The fourth-order valence-corrected chi connectivity index (χ4v) is 4.25. The highest BCUT2D eigenvalue weighted by Crippen LogP contribution is 2.49. The number of ether oxygens (including phenoxy) is 1. The number of rotatable bonds is 4. The number of carbonyl (C=O) groups excluding carboxylic acids is 1. The van der Waals surface area contributed by atoms with Crippen LogP contribution < -0.4 is 0 Å². The molecular formula is C20H26N4O3. The van der Waals surface area contributed by atoms with Gasteiger partial charge in [0.25, 0.3) is 0 Å². The Kier molecular flexibility index (Phi) is 4.95. The van der Waals surface area contributed by atoms with Gasteiger partial charge in [0.1, 0.15) is 0 Å². The fraction of sp³-hybridized carbons (Fsp3) is 0.600. The summed E-state index contributed by atoms with van der Waals surface area (Å²) in [5, 5.41) is 4.17. The average molecular weight is 370 g/mol. The van der Waals surface area contributed by atoms with Crippen molar-refractivity contribution < 1.29 is 14.1 Å². The van der Waals surface area contributed by atoms with Crippen LogP contribution in [0, 0.1) is 11.3 Å². The summed E-state index contributed by atoms with van der Waals surface area (Å²) in [6, 6.07) is 3.77. The highest BCUT2D eigenvalue weighted by atomic mass is 16.5. The molecular weight excluding hydrogens is 344 g/mol. The van der Waals surface area contributed by atoms with E-state index in [9.17, 15) is 4.79 Å². The van der Waals surface area contributed by atoms with Crippen LogP contribution in [0.3, 0.4) is 0 Å². The summed E-state index contributed by atoms with van der Waals surface area (Å²) in [7, 11) is 0. The highest BCUT2D eigenvalue weighted by Gasteiger charge is 2.51. The Labute approximate surface area is 159 Å². The Bertz CT molecular complexity index is 784. The van der Waals surface area contributed by atoms with E-state index in [-0.39, 0.29) is 17.2 Å². The molecule has 4 heterocycles. The zero-order valence-electron chi connectivity index (χ0n) is 15.9. The van der Waals surface area contributed by atoms with Crippen molar-refractivity contribution in [3.63, 3.8) is 0 Å². The largest absolute Gasteiger partial charge is 0.381 e. The molecule has 4 rings (SSSR count). The zero-order valence-corrected chi connectivity index (χ0v) is 15.9. The molecule has 7 nitrogen and oxygen atoms in total. The van der Waals surface area contributed by atoms with E-state index in [1.54, 1.807) is 12.4 Å². The van der Waals surface area contributed by atoms with Gasteiger partial charge >= 0.3 is 0 Å². The molecule has 1 spiro atoms. The average Bonchev–Trinajstić information content (AvgIpc) is 3.28. The molecule has 2 aliphatic rings. The molecule has 2 aromatic rings. The van der Waals surface area contributed by atoms with Crippen molar-refractivity contribution in [2.75, 3.05) is 26.3 Å². The smallest absolute Gasteiger partial charge is 0.232 e. The van der Waals surface area contributed by atoms with Crippen molar-refractivity contribution in [2.45, 2.75) is 39.0 Å². The van der Waals surface area contributed by atoms with Crippen molar-refractivity contribution in [1.82, 2.24) is 20.0 Å². The first-order chi connectivity index (χ1) is 13.1. The first kappa shape index (κ1) is 18.1. The first-order valence-electron chi connectivity index (χ1n) is 9.67. The van der Waals surface area contributed by atoms with E-state index in [1.165, 1.54) is 0 Å². The number of amides is 1. The second-order valence-corrected chi connectivity index (χ2v) is 8.10. The van der Waals surface area contributed by atoms with Gasteiger partial charge in [0.2, 0.25) is 17.6 Å². The molecule has 144 valence electrons. The fourth-order valence-electron chi connectivity index (χ4n) is 4.25. The maximum Gasteiger partial charge on any atom is 0.232 e. The molecule has 2 fully saturated rings. The third kappa shape index (κ3) is 3.60. The summed E-state index contributed by atoms with van der Waals surface area (Å²) in [5.41, 5.74) is 0.795. The number of carbonyl (C=O) groups is 1. The molecule has 0 bridgehead atoms. The van der Waals surface area contributed by atoms with E-state index < -0.39 is 0 Å². The Hall–Kier alpha value is -2.28. The Morgan fingerprint density at radius 3 is 2.89 bits per heavy atom. The normalized spacial score (nSPS) is 21.9. The first-order valence-corrected chi connectivity index (χ1v) is 9.67. The van der Waals surface area contributed by atoms with Crippen molar-refractivity contribution in [2.24, 2.45) is 11.3 Å². The summed E-state index contributed by atoms with van der Waals surface area (Å²) in [6.45, 7) is 6.97. The van der Waals surface area contributed by atoms with Crippen molar-refractivity contribution in [1.29, 1.82) is 0 Å². The summed E-state index contributed by atoms with van der Waals surface area (Å²) in [5.74, 6) is 1.78. The number of pyridine rings is 1. The molecule has 2 saturated heterocycles. The Balaban J connectivity index is 1.61. The lowest BCUT2D eigenvalue weighted by atomic mass is 9.72. The van der Waals surface area contributed by atoms with Gasteiger partial charge in [-0.2, -0.15) is 4.98 Å². The van der Waals surface area contributed by atoms with E-state index in [1.807, 2.05) is 17.0 Å². The molecule has 2 aromatic heterocycles. The van der Waals surface area contributed by atoms with Gasteiger partial charge in [0.15, 0.2) is 0 Å². The monoisotopic (exact) mass is 370 g/mol. The minimum atomic E-state index is -0.0381. The maximum atomic E-state index is 12.7. The summed E-state index contributed by atoms with van der Waals surface area (Å²) >= 11 is 0. The molecule has 1 atom stereocenters. The highest BCUT2D eigenvalue weighted by molar-refractivity contribution is 5.77. The Morgan fingerprint density at radius 1 is 1.37 bits per heavy atom. The van der Waals surface area contributed by atoms with Gasteiger partial charge in [-0.05, 0) is 30.9 Å². The van der Waals surface area contributed by atoms with Crippen LogP contribution in [-0.4, -0.2) is 52.2 Å². The predicted molar refractivity (Wildman–Crippen MR) is 98.8 cm³/mol. The molecule has 27 heavy (non-hydrogen) atoms. The number of nitrogens with zero attached hydrogens (tertiary/aromatic N) is 4. The SMILES string of the molecule is CC(C)CC(=O)N1C[C@H](c2nc(-c3cccnc3)no2)C2(CCOCC2)C1. The quantitative estimate of drug-likeness (QED) is 0.823. The van der Waals surface area contributed by atoms with Crippen molar-refractivity contribution in [3.05, 3.63) is 30.4 Å². The van der Waals surface area contributed by atoms with Crippen LogP contribution in [0.15, 0.2) is 29.0 Å². The van der Waals surface area contributed by atoms with Crippen molar-refractivity contribution in [3.8, 4) is 11.4 Å². The molecule has 0 aliphatic carbocycles. The molecule has 7 heteroatoms. The summed E-state index contributed by atoms with van der Waals surface area (Å²) in [6.07, 6.45) is 5.84. The zero-order chi connectivity index (χ0) is 18.9. The third-order valence-corrected chi connectivity index (χ3v) is 5.73. The number of aromatic nitrogens is 3. The third-order valence-electron chi connectivity index (χ3n) is 5.73. The Morgan fingerprint density at radius 2 is 2.19 bits per heavy atom. The van der Waals surface area contributed by atoms with Crippen LogP contribution in [0.2, 0.25) is 0 Å². The molecule has 0 N–H and O–H groups in total. The second kappa shape index (κ2) is 7.38. The van der Waals surface area contributed by atoms with Crippen LogP contribution in [0.4, 0.5) is 0 Å². The van der Waals surface area contributed by atoms with E-state index in [2.05, 4.69) is 29.0 Å². The number of likely N-dealkylation sites (tertiary alicyclic amines) is 1. The summed E-state index contributed by atoms with van der Waals surface area (Å²) in [4.78, 5) is 23.5. The second-order valence-electron chi connectivity index (χ2n) is 8.10. The molecule has 1 amide bonds. The molecule has 0 radical (unpaired) electrons. The van der Waals surface area contributed by atoms with E-state index in [4.69, 9.17) is 9.26 Å². The number of hydrogen-bond acceptors (Lipinski definition) is 6. The van der Waals surface area contributed by atoms with E-state index >= 15 is 0 Å². The van der Waals surface area contributed by atoms with Gasteiger partial charge < -0.3 is 14.2 Å². The molecule has 0 saturated carbocycles. The lowest BCUT2D eigenvalue weighted by Crippen LogP contribution is -2.37. The standard InChI is InChI=1S/C20H26N4O3/c1-14(2)10-17(25)24-12-16(20(13-24)5-8-26-9-6-20)19-22-18(23-27-19)15-4-3-7-21-11-15/h3-4,7,11,14,16H,5-6,8-10,12-13H2,1-2H3/t16-/m1/s1. The van der Waals surface area contributed by atoms with Gasteiger partial charge in [-0.3, -0.25) is 9.78 Å². The summed E-state index contributed by atoms with van der Waals surface area (Å²) < 4.78 is 11.3. The predicted octanol–water partition coefficient (Wildman–Crippen LogP) is 2.90. The van der Waals surface area contributed by atoms with Gasteiger partial charge in [-0.15, -0.1) is 0 Å². The van der Waals surface area contributed by atoms with Gasteiger partial charge in [0, 0.05) is 56.1 Å². The molecule has 0 unspecified atom stereocenters. The lowest BCUT2D eigenvalue weighted by Gasteiger charge is -2.36. The van der Waals surface area contributed by atoms with Crippen LogP contribution in [-0.2, 0) is 9.53 Å². The minimum Gasteiger partial charge on any atom is -0.381 e. The van der Waals surface area contributed by atoms with Crippen LogP contribution in [0.5, 0.6) is 0 Å².